The summed E-state index contributed by atoms with van der Waals surface area (Å²) in [5.74, 6) is 2.77. The van der Waals surface area contributed by atoms with Crippen LogP contribution in [0.4, 0.5) is 0 Å². The molecule has 0 fully saturated rings. The van der Waals surface area contributed by atoms with Gasteiger partial charge in [0, 0.05) is 18.3 Å². The van der Waals surface area contributed by atoms with Gasteiger partial charge in [0.25, 0.3) is 0 Å². The quantitative estimate of drug-likeness (QED) is 0.418. The van der Waals surface area contributed by atoms with Crippen molar-refractivity contribution in [3.05, 3.63) is 29.5 Å². The van der Waals surface area contributed by atoms with E-state index in [2.05, 4.69) is 49.4 Å². The van der Waals surface area contributed by atoms with E-state index in [1.807, 2.05) is 0 Å². The minimum atomic E-state index is 0.555. The van der Waals surface area contributed by atoms with E-state index in [1.165, 1.54) is 49.8 Å². The van der Waals surface area contributed by atoms with Crippen LogP contribution >= 0.6 is 0 Å². The third-order valence-corrected chi connectivity index (χ3v) is 6.09. The molecule has 1 aliphatic heterocycles. The Morgan fingerprint density at radius 1 is 0.967 bits per heavy atom. The van der Waals surface area contributed by atoms with E-state index >= 15 is 0 Å². The molecular formula is C25H42N2O3. The number of hydrogen-bond donors (Lipinski definition) is 1. The van der Waals surface area contributed by atoms with Gasteiger partial charge in [-0.1, -0.05) is 46.5 Å². The maximum Gasteiger partial charge on any atom is 0.203 e. The van der Waals surface area contributed by atoms with Crippen molar-refractivity contribution in [3.63, 3.8) is 0 Å². The molecule has 30 heavy (non-hydrogen) atoms. The Morgan fingerprint density at radius 3 is 2.17 bits per heavy atom. The Kier molecular flexibility index (Phi) is 10.4. The molecule has 0 spiro atoms. The van der Waals surface area contributed by atoms with Crippen LogP contribution < -0.4 is 19.6 Å². The molecule has 170 valence electrons. The van der Waals surface area contributed by atoms with Crippen LogP contribution in [0.1, 0.15) is 71.3 Å². The smallest absolute Gasteiger partial charge is 0.203 e. The second-order valence-corrected chi connectivity index (χ2v) is 8.27. The fourth-order valence-corrected chi connectivity index (χ4v) is 4.45. The Labute approximate surface area is 183 Å². The maximum atomic E-state index is 5.58. The zero-order valence-corrected chi connectivity index (χ0v) is 19.9. The number of nitrogens with zero attached hydrogens (tertiary/aromatic N) is 1. The van der Waals surface area contributed by atoms with Crippen LogP contribution in [0, 0.1) is 5.92 Å². The van der Waals surface area contributed by atoms with E-state index in [4.69, 9.17) is 14.2 Å². The van der Waals surface area contributed by atoms with Gasteiger partial charge in [0.15, 0.2) is 11.5 Å². The van der Waals surface area contributed by atoms with Crippen LogP contribution in [0.5, 0.6) is 17.2 Å². The van der Waals surface area contributed by atoms with Gasteiger partial charge in [0.2, 0.25) is 5.75 Å². The number of hydrogen-bond acceptors (Lipinski definition) is 5. The Bertz CT molecular complexity index is 649. The van der Waals surface area contributed by atoms with E-state index in [1.54, 1.807) is 21.3 Å². The van der Waals surface area contributed by atoms with Gasteiger partial charge < -0.3 is 19.6 Å². The molecule has 2 atom stereocenters. The minimum Gasteiger partial charge on any atom is -0.493 e. The summed E-state index contributed by atoms with van der Waals surface area (Å²) in [6, 6.07) is 4.78. The molecule has 0 aromatic heterocycles. The number of hydrazine groups is 1. The summed E-state index contributed by atoms with van der Waals surface area (Å²) in [4.78, 5) is 0. The molecule has 5 heteroatoms. The highest BCUT2D eigenvalue weighted by Crippen LogP contribution is 2.39. The summed E-state index contributed by atoms with van der Waals surface area (Å²) in [6.45, 7) is 7.79. The van der Waals surface area contributed by atoms with Crippen molar-refractivity contribution < 1.29 is 14.2 Å². The van der Waals surface area contributed by atoms with Gasteiger partial charge in [-0.25, -0.2) is 5.01 Å². The van der Waals surface area contributed by atoms with E-state index in [0.29, 0.717) is 17.7 Å². The molecule has 1 aromatic rings. The van der Waals surface area contributed by atoms with E-state index < -0.39 is 0 Å². The molecule has 0 amide bonds. The molecule has 0 aliphatic carbocycles. The van der Waals surface area contributed by atoms with Crippen molar-refractivity contribution in [2.24, 2.45) is 5.92 Å². The summed E-state index contributed by atoms with van der Waals surface area (Å²) in [5.41, 5.74) is 6.25. The van der Waals surface area contributed by atoms with Crippen molar-refractivity contribution in [1.29, 1.82) is 0 Å². The molecular weight excluding hydrogens is 376 g/mol. The van der Waals surface area contributed by atoms with Gasteiger partial charge in [-0.15, -0.1) is 0 Å². The second-order valence-electron chi connectivity index (χ2n) is 8.27. The monoisotopic (exact) mass is 418 g/mol. The first-order valence-corrected chi connectivity index (χ1v) is 11.6. The van der Waals surface area contributed by atoms with Gasteiger partial charge >= 0.3 is 0 Å². The molecule has 1 heterocycles. The second kappa shape index (κ2) is 12.7. The third kappa shape index (κ3) is 6.56. The third-order valence-electron chi connectivity index (χ3n) is 6.09. The molecule has 1 aromatic carbocycles. The largest absolute Gasteiger partial charge is 0.493 e. The van der Waals surface area contributed by atoms with Crippen LogP contribution in [-0.2, 0) is 6.42 Å². The molecule has 1 aliphatic rings. The molecule has 0 bridgehead atoms. The predicted octanol–water partition coefficient (Wildman–Crippen LogP) is 5.73. The number of allylic oxidation sites excluding steroid dienone is 1. The highest BCUT2D eigenvalue weighted by Gasteiger charge is 2.25. The number of ether oxygens (including phenoxy) is 3. The number of nitrogens with one attached hydrogen (secondary N) is 1. The lowest BCUT2D eigenvalue weighted by Crippen LogP contribution is -2.42. The Morgan fingerprint density at radius 2 is 1.67 bits per heavy atom. The lowest BCUT2D eigenvalue weighted by Gasteiger charge is -2.32. The SMILES string of the molecule is CCCCC(Cc1cc(OC)c(OC)c(OC)c1)CC(CCC)N1CC=C(CC)N1. The van der Waals surface area contributed by atoms with Crippen molar-refractivity contribution in [2.75, 3.05) is 27.9 Å². The average molecular weight is 419 g/mol. The van der Waals surface area contributed by atoms with Crippen molar-refractivity contribution in [2.45, 2.75) is 78.2 Å². The van der Waals surface area contributed by atoms with Crippen LogP contribution in [-0.4, -0.2) is 38.9 Å². The zero-order chi connectivity index (χ0) is 21.9. The van der Waals surface area contributed by atoms with Gasteiger partial charge in [-0.2, -0.15) is 0 Å². The fraction of sp³-hybridized carbons (Fsp3) is 0.680. The lowest BCUT2D eigenvalue weighted by atomic mass is 9.87. The first kappa shape index (κ1) is 24.4. The number of rotatable bonds is 14. The Hall–Kier alpha value is -1.88. The van der Waals surface area contributed by atoms with E-state index in [-0.39, 0.29) is 0 Å². The maximum absolute atomic E-state index is 5.58. The van der Waals surface area contributed by atoms with Crippen LogP contribution in [0.15, 0.2) is 23.9 Å². The highest BCUT2D eigenvalue weighted by molar-refractivity contribution is 5.53. The summed E-state index contributed by atoms with van der Waals surface area (Å²) in [7, 11) is 5.02. The van der Waals surface area contributed by atoms with E-state index in [9.17, 15) is 0 Å². The highest BCUT2D eigenvalue weighted by atomic mass is 16.5. The summed E-state index contributed by atoms with van der Waals surface area (Å²) >= 11 is 0. The fourth-order valence-electron chi connectivity index (χ4n) is 4.45. The number of methoxy groups -OCH3 is 3. The topological polar surface area (TPSA) is 43.0 Å². The van der Waals surface area contributed by atoms with Crippen LogP contribution in [0.25, 0.3) is 0 Å². The van der Waals surface area contributed by atoms with Gasteiger partial charge in [-0.05, 0) is 55.4 Å². The molecule has 1 N–H and O–H groups in total. The van der Waals surface area contributed by atoms with Crippen molar-refractivity contribution in [1.82, 2.24) is 10.4 Å². The molecule has 2 rings (SSSR count). The normalized spacial score (nSPS) is 16.0. The Balaban J connectivity index is 2.18. The predicted molar refractivity (Wildman–Crippen MR) is 124 cm³/mol. The first-order valence-electron chi connectivity index (χ1n) is 11.6. The standard InChI is InChI=1S/C25H42N2O3/c1-7-10-12-19(16-22(11-8-2)27-14-13-21(9-3)26-27)15-20-17-23(28-4)25(30-6)24(18-20)29-5/h13,17-19,22,26H,7-12,14-16H2,1-6H3. The molecule has 0 saturated heterocycles. The lowest BCUT2D eigenvalue weighted by molar-refractivity contribution is 0.138. The molecule has 0 saturated carbocycles. The van der Waals surface area contributed by atoms with Crippen LogP contribution in [0.3, 0.4) is 0 Å². The van der Waals surface area contributed by atoms with Gasteiger partial charge in [-0.3, -0.25) is 0 Å². The summed E-state index contributed by atoms with van der Waals surface area (Å²) in [5, 5.41) is 2.45. The molecule has 0 radical (unpaired) electrons. The number of benzene rings is 1. The van der Waals surface area contributed by atoms with Crippen LogP contribution in [0.2, 0.25) is 0 Å². The molecule has 2 unspecified atom stereocenters. The molecule has 5 nitrogen and oxygen atoms in total. The minimum absolute atomic E-state index is 0.555. The average Bonchev–Trinajstić information content (AvgIpc) is 3.25. The van der Waals surface area contributed by atoms with Crippen molar-refractivity contribution in [3.8, 4) is 17.2 Å². The van der Waals surface area contributed by atoms with Crippen molar-refractivity contribution >= 4 is 0 Å². The van der Waals surface area contributed by atoms with Gasteiger partial charge in [0.05, 0.1) is 21.3 Å². The van der Waals surface area contributed by atoms with E-state index in [0.717, 1.165) is 30.9 Å². The summed E-state index contributed by atoms with van der Waals surface area (Å²) in [6.07, 6.45) is 11.8. The zero-order valence-electron chi connectivity index (χ0n) is 19.9. The summed E-state index contributed by atoms with van der Waals surface area (Å²) < 4.78 is 16.7. The first-order chi connectivity index (χ1) is 14.6. The number of unbranched alkanes of at least 4 members (excludes halogenated alkanes) is 1. The van der Waals surface area contributed by atoms with Gasteiger partial charge in [0.1, 0.15) is 0 Å².